The number of aromatic amines is 1. The molecule has 7 nitrogen and oxygen atoms in total. The van der Waals surface area contributed by atoms with E-state index < -0.39 is 12.1 Å². The van der Waals surface area contributed by atoms with Crippen LogP contribution in [0.2, 0.25) is 0 Å². The molecule has 43 heavy (non-hydrogen) atoms. The smallest absolute Gasteiger partial charge is 0.255 e. The summed E-state index contributed by atoms with van der Waals surface area (Å²) in [7, 11) is 3.13. The first-order valence-corrected chi connectivity index (χ1v) is 14.5. The van der Waals surface area contributed by atoms with Gasteiger partial charge in [-0.15, -0.1) is 0 Å². The number of carbonyl (C=O) groups excluding carboxylic acids is 2. The van der Waals surface area contributed by atoms with E-state index in [-0.39, 0.29) is 17.7 Å². The van der Waals surface area contributed by atoms with Crippen LogP contribution in [0.3, 0.4) is 0 Å². The molecule has 0 saturated carbocycles. The molecule has 0 bridgehead atoms. The van der Waals surface area contributed by atoms with Gasteiger partial charge in [0.1, 0.15) is 17.5 Å². The molecule has 0 saturated heterocycles. The highest BCUT2D eigenvalue weighted by atomic mass is 16.5. The lowest BCUT2D eigenvalue weighted by atomic mass is 9.91. The summed E-state index contributed by atoms with van der Waals surface area (Å²) in [5.41, 5.74) is 5.91. The predicted molar refractivity (Wildman–Crippen MR) is 170 cm³/mol. The van der Waals surface area contributed by atoms with Crippen molar-refractivity contribution >= 4 is 28.4 Å². The number of benzene rings is 4. The van der Waals surface area contributed by atoms with Crippen molar-refractivity contribution in [2.24, 2.45) is 5.92 Å². The number of hydrogen-bond donors (Lipinski definition) is 2. The van der Waals surface area contributed by atoms with Crippen molar-refractivity contribution in [2.75, 3.05) is 19.5 Å². The second-order valence-corrected chi connectivity index (χ2v) is 11.2. The molecule has 2 heterocycles. The topological polar surface area (TPSA) is 83.7 Å². The van der Waals surface area contributed by atoms with Crippen molar-refractivity contribution in [3.8, 4) is 22.8 Å². The Hall–Kier alpha value is -5.04. The van der Waals surface area contributed by atoms with Gasteiger partial charge >= 0.3 is 0 Å². The lowest BCUT2D eigenvalue weighted by molar-refractivity contribution is -0.121. The maximum absolute atomic E-state index is 14.4. The Balaban J connectivity index is 1.52. The molecule has 1 aliphatic rings. The van der Waals surface area contributed by atoms with E-state index in [1.54, 1.807) is 37.3 Å². The van der Waals surface area contributed by atoms with Gasteiger partial charge in [-0.2, -0.15) is 0 Å². The van der Waals surface area contributed by atoms with Crippen LogP contribution in [0.25, 0.3) is 22.2 Å². The number of H-pyrrole nitrogens is 1. The van der Waals surface area contributed by atoms with Crippen LogP contribution in [0.15, 0.2) is 97.1 Å². The van der Waals surface area contributed by atoms with E-state index in [4.69, 9.17) is 9.47 Å². The van der Waals surface area contributed by atoms with Gasteiger partial charge in [-0.25, -0.2) is 0 Å². The van der Waals surface area contributed by atoms with Crippen LogP contribution in [0.4, 0.5) is 5.69 Å². The van der Waals surface area contributed by atoms with E-state index in [9.17, 15) is 9.59 Å². The number of hydrogen-bond acceptors (Lipinski definition) is 4. The molecule has 2 amide bonds. The number of nitrogens with zero attached hydrogens (tertiary/aromatic N) is 1. The van der Waals surface area contributed by atoms with Crippen LogP contribution in [0.5, 0.6) is 11.5 Å². The molecule has 1 aromatic heterocycles. The molecule has 7 heteroatoms. The van der Waals surface area contributed by atoms with Crippen molar-refractivity contribution < 1.29 is 19.1 Å². The molecule has 2 N–H and O–H groups in total. The third-order valence-corrected chi connectivity index (χ3v) is 8.08. The predicted octanol–water partition coefficient (Wildman–Crippen LogP) is 7.45. The summed E-state index contributed by atoms with van der Waals surface area (Å²) in [6, 6.07) is 30.0. The van der Waals surface area contributed by atoms with Gasteiger partial charge in [-0.1, -0.05) is 80.6 Å². The van der Waals surface area contributed by atoms with Gasteiger partial charge in [0.05, 0.1) is 31.6 Å². The van der Waals surface area contributed by atoms with Gasteiger partial charge in [0.2, 0.25) is 5.91 Å². The zero-order chi connectivity index (χ0) is 30.1. The molecule has 0 aliphatic carbocycles. The first-order chi connectivity index (χ1) is 20.9. The van der Waals surface area contributed by atoms with Crippen LogP contribution in [-0.4, -0.2) is 42.0 Å². The van der Waals surface area contributed by atoms with Crippen molar-refractivity contribution in [2.45, 2.75) is 32.4 Å². The minimum absolute atomic E-state index is 0.141. The molecule has 1 aliphatic heterocycles. The van der Waals surface area contributed by atoms with Crippen LogP contribution < -0.4 is 14.8 Å². The standard InChI is InChI=1S/C36H35N3O4/c1-22(2)20-30(35(40)38-29-19-18-24(42-3)21-31(29)43-4)39-34(25-14-8-9-15-26(25)36(39)41)32-27-16-10-11-17-28(27)37-33(32)23-12-6-5-7-13-23/h5-19,21-22,30,34,37H,20H2,1-4H3,(H,38,40). The maximum atomic E-state index is 14.4. The quantitative estimate of drug-likeness (QED) is 0.192. The van der Waals surface area contributed by atoms with Crippen molar-refractivity contribution in [1.82, 2.24) is 9.88 Å². The summed E-state index contributed by atoms with van der Waals surface area (Å²) in [6.45, 7) is 4.13. The van der Waals surface area contributed by atoms with Gasteiger partial charge in [-0.3, -0.25) is 9.59 Å². The number of methoxy groups -OCH3 is 2. The third-order valence-electron chi connectivity index (χ3n) is 8.08. The van der Waals surface area contributed by atoms with Crippen molar-refractivity contribution in [3.63, 3.8) is 0 Å². The van der Waals surface area contributed by atoms with E-state index in [0.29, 0.717) is 29.2 Å². The monoisotopic (exact) mass is 573 g/mol. The Bertz CT molecular complexity index is 1790. The number of rotatable bonds is 9. The van der Waals surface area contributed by atoms with Gasteiger partial charge in [0, 0.05) is 28.1 Å². The van der Waals surface area contributed by atoms with Crippen LogP contribution in [-0.2, 0) is 4.79 Å². The molecular weight excluding hydrogens is 538 g/mol. The van der Waals surface area contributed by atoms with Crippen LogP contribution in [0, 0.1) is 5.92 Å². The average Bonchev–Trinajstić information content (AvgIpc) is 3.55. The third kappa shape index (κ3) is 5.12. The molecular formula is C36H35N3O4. The minimum atomic E-state index is -0.756. The fourth-order valence-corrected chi connectivity index (χ4v) is 6.14. The Morgan fingerprint density at radius 3 is 2.37 bits per heavy atom. The second-order valence-electron chi connectivity index (χ2n) is 11.2. The fourth-order valence-electron chi connectivity index (χ4n) is 6.14. The molecule has 218 valence electrons. The minimum Gasteiger partial charge on any atom is -0.497 e. The molecule has 2 unspecified atom stereocenters. The fraction of sp³-hybridized carbons (Fsp3) is 0.222. The Morgan fingerprint density at radius 2 is 1.63 bits per heavy atom. The summed E-state index contributed by atoms with van der Waals surface area (Å²) in [5.74, 6) is 0.803. The molecule has 6 rings (SSSR count). The zero-order valence-corrected chi connectivity index (χ0v) is 24.8. The van der Waals surface area contributed by atoms with Crippen LogP contribution >= 0.6 is 0 Å². The number of fused-ring (bicyclic) bond motifs is 2. The Labute approximate surface area is 251 Å². The van der Waals surface area contributed by atoms with Crippen molar-refractivity contribution in [3.05, 3.63) is 114 Å². The molecule has 5 aromatic rings. The summed E-state index contributed by atoms with van der Waals surface area (Å²) in [4.78, 5) is 34.1. The lowest BCUT2D eigenvalue weighted by Crippen LogP contribution is -2.47. The highest BCUT2D eigenvalue weighted by molar-refractivity contribution is 6.06. The summed E-state index contributed by atoms with van der Waals surface area (Å²) in [5, 5.41) is 4.09. The zero-order valence-electron chi connectivity index (χ0n) is 24.8. The SMILES string of the molecule is COc1ccc(NC(=O)C(CC(C)C)N2C(=O)c3ccccc3C2c2c(-c3ccccc3)[nH]c3ccccc23)c(OC)c1. The van der Waals surface area contributed by atoms with E-state index in [1.165, 1.54) is 0 Å². The highest BCUT2D eigenvalue weighted by Crippen LogP contribution is 2.47. The number of amides is 2. The van der Waals surface area contributed by atoms with Gasteiger partial charge < -0.3 is 24.7 Å². The molecule has 4 aromatic carbocycles. The number of anilines is 1. The number of ether oxygens (including phenoxy) is 2. The summed E-state index contributed by atoms with van der Waals surface area (Å²) < 4.78 is 10.9. The molecule has 0 radical (unpaired) electrons. The van der Waals surface area contributed by atoms with E-state index >= 15 is 0 Å². The maximum Gasteiger partial charge on any atom is 0.255 e. The first-order valence-electron chi connectivity index (χ1n) is 14.5. The Morgan fingerprint density at radius 1 is 0.907 bits per heavy atom. The largest absolute Gasteiger partial charge is 0.497 e. The number of para-hydroxylation sites is 1. The van der Waals surface area contributed by atoms with Crippen LogP contribution in [0.1, 0.15) is 47.8 Å². The molecule has 0 spiro atoms. The van der Waals surface area contributed by atoms with Gasteiger partial charge in [0.25, 0.3) is 5.91 Å². The summed E-state index contributed by atoms with van der Waals surface area (Å²) >= 11 is 0. The van der Waals surface area contributed by atoms with Gasteiger partial charge in [-0.05, 0) is 47.7 Å². The first kappa shape index (κ1) is 28.1. The molecule has 2 atom stereocenters. The Kier molecular flexibility index (Phi) is 7.63. The molecule has 0 fully saturated rings. The van der Waals surface area contributed by atoms with E-state index in [1.807, 2.05) is 60.7 Å². The van der Waals surface area contributed by atoms with Crippen molar-refractivity contribution in [1.29, 1.82) is 0 Å². The lowest BCUT2D eigenvalue weighted by Gasteiger charge is -2.34. The number of aromatic nitrogens is 1. The number of nitrogens with one attached hydrogen (secondary N) is 2. The highest BCUT2D eigenvalue weighted by Gasteiger charge is 2.46. The summed E-state index contributed by atoms with van der Waals surface area (Å²) in [6.07, 6.45) is 0.476. The normalized spacial score (nSPS) is 15.0. The van der Waals surface area contributed by atoms with E-state index in [2.05, 4.69) is 42.3 Å². The number of carbonyl (C=O) groups is 2. The second kappa shape index (κ2) is 11.7. The van der Waals surface area contributed by atoms with Gasteiger partial charge in [0.15, 0.2) is 0 Å². The average molecular weight is 574 g/mol. The van der Waals surface area contributed by atoms with E-state index in [0.717, 1.165) is 33.3 Å².